The van der Waals surface area contributed by atoms with Crippen molar-refractivity contribution in [3.63, 3.8) is 0 Å². The van der Waals surface area contributed by atoms with Gasteiger partial charge < -0.3 is 4.90 Å². The lowest BCUT2D eigenvalue weighted by atomic mass is 10.2. The van der Waals surface area contributed by atoms with Gasteiger partial charge in [-0.2, -0.15) is 5.26 Å². The van der Waals surface area contributed by atoms with Crippen LogP contribution in [-0.4, -0.2) is 49.6 Å². The molecule has 1 aliphatic heterocycles. The molecule has 0 radical (unpaired) electrons. The van der Waals surface area contributed by atoms with Crippen LogP contribution in [0, 0.1) is 11.3 Å². The fraction of sp³-hybridized carbons (Fsp3) is 0.875. The molecule has 1 atom stereocenters. The van der Waals surface area contributed by atoms with Crippen LogP contribution in [-0.2, 0) is 0 Å². The SMILES string of the molecule is CN1CCC(N(C)CC#N)C1. The second kappa shape index (κ2) is 3.70. The summed E-state index contributed by atoms with van der Waals surface area (Å²) >= 11 is 0. The van der Waals surface area contributed by atoms with E-state index in [2.05, 4.69) is 22.9 Å². The van der Waals surface area contributed by atoms with E-state index in [1.54, 1.807) is 0 Å². The fourth-order valence-electron chi connectivity index (χ4n) is 1.51. The van der Waals surface area contributed by atoms with Gasteiger partial charge in [-0.1, -0.05) is 0 Å². The van der Waals surface area contributed by atoms with Gasteiger partial charge in [0.15, 0.2) is 0 Å². The Labute approximate surface area is 68.2 Å². The summed E-state index contributed by atoms with van der Waals surface area (Å²) in [5, 5.41) is 8.46. The lowest BCUT2D eigenvalue weighted by molar-refractivity contribution is 0.267. The minimum atomic E-state index is 0.554. The minimum Gasteiger partial charge on any atom is -0.305 e. The molecule has 0 aliphatic carbocycles. The summed E-state index contributed by atoms with van der Waals surface area (Å²) in [4.78, 5) is 4.43. The third-order valence-corrected chi connectivity index (χ3v) is 2.31. The molecule has 0 saturated carbocycles. The van der Waals surface area contributed by atoms with Crippen LogP contribution in [0.15, 0.2) is 0 Å². The van der Waals surface area contributed by atoms with Gasteiger partial charge in [0.1, 0.15) is 0 Å². The zero-order chi connectivity index (χ0) is 8.27. The average molecular weight is 153 g/mol. The zero-order valence-corrected chi connectivity index (χ0v) is 7.25. The Morgan fingerprint density at radius 1 is 1.73 bits per heavy atom. The Morgan fingerprint density at radius 2 is 2.45 bits per heavy atom. The van der Waals surface area contributed by atoms with E-state index < -0.39 is 0 Å². The molecule has 1 unspecified atom stereocenters. The molecule has 0 amide bonds. The first kappa shape index (κ1) is 8.51. The summed E-state index contributed by atoms with van der Waals surface area (Å²) < 4.78 is 0. The van der Waals surface area contributed by atoms with Gasteiger partial charge in [-0.25, -0.2) is 0 Å². The van der Waals surface area contributed by atoms with Crippen molar-refractivity contribution in [1.82, 2.24) is 9.80 Å². The number of nitrogens with zero attached hydrogens (tertiary/aromatic N) is 3. The minimum absolute atomic E-state index is 0.554. The third-order valence-electron chi connectivity index (χ3n) is 2.31. The van der Waals surface area contributed by atoms with Gasteiger partial charge in [0.25, 0.3) is 0 Å². The zero-order valence-electron chi connectivity index (χ0n) is 7.25. The molecule has 3 nitrogen and oxygen atoms in total. The summed E-state index contributed by atoms with van der Waals surface area (Å²) in [6.45, 7) is 2.83. The second-order valence-corrected chi connectivity index (χ2v) is 3.28. The van der Waals surface area contributed by atoms with Crippen LogP contribution in [0.3, 0.4) is 0 Å². The highest BCUT2D eigenvalue weighted by Gasteiger charge is 2.22. The highest BCUT2D eigenvalue weighted by Crippen LogP contribution is 2.11. The summed E-state index contributed by atoms with van der Waals surface area (Å²) in [5.41, 5.74) is 0. The maximum Gasteiger partial charge on any atom is 0.0866 e. The maximum atomic E-state index is 8.46. The van der Waals surface area contributed by atoms with E-state index in [0.29, 0.717) is 12.6 Å². The van der Waals surface area contributed by atoms with Gasteiger partial charge in [0.05, 0.1) is 12.6 Å². The number of hydrogen-bond acceptors (Lipinski definition) is 3. The molecule has 0 N–H and O–H groups in total. The summed E-state index contributed by atoms with van der Waals surface area (Å²) in [6.07, 6.45) is 1.20. The molecule has 0 bridgehead atoms. The Balaban J connectivity index is 2.32. The van der Waals surface area contributed by atoms with Gasteiger partial charge in [-0.15, -0.1) is 0 Å². The average Bonchev–Trinajstić information content (AvgIpc) is 2.36. The van der Waals surface area contributed by atoms with Gasteiger partial charge in [-0.05, 0) is 27.1 Å². The quantitative estimate of drug-likeness (QED) is 0.529. The van der Waals surface area contributed by atoms with Crippen LogP contribution in [0.4, 0.5) is 0 Å². The van der Waals surface area contributed by atoms with E-state index in [0.717, 1.165) is 6.54 Å². The van der Waals surface area contributed by atoms with Crippen molar-refractivity contribution in [2.24, 2.45) is 0 Å². The highest BCUT2D eigenvalue weighted by atomic mass is 15.2. The largest absolute Gasteiger partial charge is 0.305 e. The van der Waals surface area contributed by atoms with Crippen molar-refractivity contribution in [3.05, 3.63) is 0 Å². The highest BCUT2D eigenvalue weighted by molar-refractivity contribution is 4.84. The Bertz CT molecular complexity index is 161. The van der Waals surface area contributed by atoms with E-state index in [9.17, 15) is 0 Å². The fourth-order valence-corrected chi connectivity index (χ4v) is 1.51. The first-order valence-electron chi connectivity index (χ1n) is 3.99. The van der Waals surface area contributed by atoms with E-state index in [4.69, 9.17) is 5.26 Å². The number of likely N-dealkylation sites (N-methyl/N-ethyl adjacent to an activating group) is 2. The van der Waals surface area contributed by atoms with Crippen LogP contribution in [0.2, 0.25) is 0 Å². The number of likely N-dealkylation sites (tertiary alicyclic amines) is 1. The third kappa shape index (κ3) is 2.18. The summed E-state index contributed by atoms with van der Waals surface area (Å²) in [5.74, 6) is 0. The molecule has 0 aromatic rings. The van der Waals surface area contributed by atoms with Gasteiger partial charge in [-0.3, -0.25) is 4.90 Å². The van der Waals surface area contributed by atoms with Crippen molar-refractivity contribution in [3.8, 4) is 6.07 Å². The maximum absolute atomic E-state index is 8.46. The molecule has 0 aromatic carbocycles. The molecule has 1 fully saturated rings. The number of hydrogen-bond donors (Lipinski definition) is 0. The van der Waals surface area contributed by atoms with Gasteiger partial charge in [0.2, 0.25) is 0 Å². The predicted molar refractivity (Wildman–Crippen MR) is 44.1 cm³/mol. The van der Waals surface area contributed by atoms with E-state index >= 15 is 0 Å². The molecule has 0 spiro atoms. The lowest BCUT2D eigenvalue weighted by Gasteiger charge is -2.20. The topological polar surface area (TPSA) is 30.3 Å². The van der Waals surface area contributed by atoms with Crippen molar-refractivity contribution >= 4 is 0 Å². The number of nitriles is 1. The van der Waals surface area contributed by atoms with Crippen molar-refractivity contribution in [2.45, 2.75) is 12.5 Å². The van der Waals surface area contributed by atoms with Crippen molar-refractivity contribution < 1.29 is 0 Å². The molecule has 1 saturated heterocycles. The Kier molecular flexibility index (Phi) is 2.86. The van der Waals surface area contributed by atoms with Crippen molar-refractivity contribution in [2.75, 3.05) is 33.7 Å². The summed E-state index contributed by atoms with van der Waals surface area (Å²) in [6, 6.07) is 2.76. The van der Waals surface area contributed by atoms with Gasteiger partial charge >= 0.3 is 0 Å². The van der Waals surface area contributed by atoms with E-state index in [1.165, 1.54) is 13.0 Å². The molecule has 0 aromatic heterocycles. The second-order valence-electron chi connectivity index (χ2n) is 3.28. The molecule has 1 aliphatic rings. The normalized spacial score (nSPS) is 25.8. The van der Waals surface area contributed by atoms with Crippen LogP contribution < -0.4 is 0 Å². The standard InChI is InChI=1S/C8H15N3/c1-10-5-3-8(7-10)11(2)6-4-9/h8H,3,5-7H2,1-2H3. The van der Waals surface area contributed by atoms with E-state index in [1.807, 2.05) is 7.05 Å². The van der Waals surface area contributed by atoms with Crippen molar-refractivity contribution in [1.29, 1.82) is 5.26 Å². The molecular formula is C8H15N3. The number of rotatable bonds is 2. The Hall–Kier alpha value is -0.590. The smallest absolute Gasteiger partial charge is 0.0866 e. The van der Waals surface area contributed by atoms with E-state index in [-0.39, 0.29) is 0 Å². The van der Waals surface area contributed by atoms with Gasteiger partial charge in [0, 0.05) is 12.6 Å². The Morgan fingerprint density at radius 3 is 2.91 bits per heavy atom. The predicted octanol–water partition coefficient (Wildman–Crippen LogP) is 0.146. The lowest BCUT2D eigenvalue weighted by Crippen LogP contribution is -2.33. The van der Waals surface area contributed by atoms with Crippen LogP contribution in [0.25, 0.3) is 0 Å². The monoisotopic (exact) mass is 153 g/mol. The van der Waals surface area contributed by atoms with Crippen LogP contribution in [0.1, 0.15) is 6.42 Å². The molecule has 1 rings (SSSR count). The first-order valence-corrected chi connectivity index (χ1v) is 3.99. The molecule has 11 heavy (non-hydrogen) atoms. The molecule has 62 valence electrons. The molecule has 1 heterocycles. The van der Waals surface area contributed by atoms with Crippen LogP contribution in [0.5, 0.6) is 0 Å². The first-order chi connectivity index (χ1) is 5.24. The molecule has 3 heteroatoms. The molecular weight excluding hydrogens is 138 g/mol. The van der Waals surface area contributed by atoms with Crippen LogP contribution >= 0.6 is 0 Å². The summed E-state index contributed by atoms with van der Waals surface area (Å²) in [7, 11) is 4.15.